The van der Waals surface area contributed by atoms with Crippen LogP contribution in [-0.2, 0) is 6.18 Å². The molecule has 0 aliphatic heterocycles. The molecule has 0 aliphatic rings. The largest absolute Gasteiger partial charge is 0.416 e. The fourth-order valence-electron chi connectivity index (χ4n) is 2.84. The van der Waals surface area contributed by atoms with Crippen molar-refractivity contribution in [2.45, 2.75) is 12.6 Å². The predicted octanol–water partition coefficient (Wildman–Crippen LogP) is 5.74. The SMILES string of the molecule is CN(C)CCCN(C)c1c(Cl)cc(C(F)(F)F)cc1NC(=O)c1cc(I)ccc1F. The first-order valence-electron chi connectivity index (χ1n) is 8.93. The lowest BCUT2D eigenvalue weighted by Gasteiger charge is -2.26. The Labute approximate surface area is 191 Å². The molecule has 2 aromatic rings. The van der Waals surface area contributed by atoms with E-state index in [-0.39, 0.29) is 22.0 Å². The summed E-state index contributed by atoms with van der Waals surface area (Å²) in [5.74, 6) is -1.63. The highest BCUT2D eigenvalue weighted by atomic mass is 127. The first kappa shape index (κ1) is 24.7. The van der Waals surface area contributed by atoms with Crippen LogP contribution in [-0.4, -0.2) is 45.0 Å². The number of benzene rings is 2. The monoisotopic (exact) mass is 557 g/mol. The maximum atomic E-state index is 14.1. The van der Waals surface area contributed by atoms with E-state index in [1.807, 2.05) is 41.6 Å². The van der Waals surface area contributed by atoms with Gasteiger partial charge in [-0.1, -0.05) is 11.6 Å². The second-order valence-electron chi connectivity index (χ2n) is 7.01. The Morgan fingerprint density at radius 1 is 1.13 bits per heavy atom. The van der Waals surface area contributed by atoms with Crippen LogP contribution in [0, 0.1) is 9.39 Å². The number of alkyl halides is 3. The zero-order valence-electron chi connectivity index (χ0n) is 16.6. The molecule has 0 aromatic heterocycles. The molecule has 164 valence electrons. The van der Waals surface area contributed by atoms with E-state index < -0.39 is 23.5 Å². The van der Waals surface area contributed by atoms with Crippen LogP contribution in [0.3, 0.4) is 0 Å². The summed E-state index contributed by atoms with van der Waals surface area (Å²) in [6, 6.07) is 5.57. The normalized spacial score (nSPS) is 11.7. The summed E-state index contributed by atoms with van der Waals surface area (Å²) in [7, 11) is 5.49. The number of nitrogens with one attached hydrogen (secondary N) is 1. The molecule has 10 heteroatoms. The first-order valence-corrected chi connectivity index (χ1v) is 10.4. The fraction of sp³-hybridized carbons (Fsp3) is 0.350. The summed E-state index contributed by atoms with van der Waals surface area (Å²) in [6.45, 7) is 1.25. The molecule has 1 amide bonds. The average Bonchev–Trinajstić information content (AvgIpc) is 2.62. The highest BCUT2D eigenvalue weighted by Crippen LogP contribution is 2.40. The third-order valence-corrected chi connectivity index (χ3v) is 5.25. The zero-order valence-corrected chi connectivity index (χ0v) is 19.5. The van der Waals surface area contributed by atoms with Gasteiger partial charge in [0.1, 0.15) is 5.82 Å². The number of nitrogens with zero attached hydrogens (tertiary/aromatic N) is 2. The second-order valence-corrected chi connectivity index (χ2v) is 8.66. The van der Waals surface area contributed by atoms with Crippen molar-refractivity contribution in [3.63, 3.8) is 0 Å². The van der Waals surface area contributed by atoms with E-state index in [0.29, 0.717) is 10.1 Å². The molecular weight excluding hydrogens is 537 g/mol. The molecule has 1 N–H and O–H groups in total. The molecule has 0 saturated carbocycles. The number of carbonyl (C=O) groups is 1. The van der Waals surface area contributed by atoms with Crippen LogP contribution in [0.4, 0.5) is 28.9 Å². The number of hydrogen-bond acceptors (Lipinski definition) is 3. The highest BCUT2D eigenvalue weighted by molar-refractivity contribution is 14.1. The minimum Gasteiger partial charge on any atom is -0.372 e. The molecule has 2 rings (SSSR count). The van der Waals surface area contributed by atoms with Gasteiger partial charge in [0, 0.05) is 17.2 Å². The predicted molar refractivity (Wildman–Crippen MR) is 120 cm³/mol. The van der Waals surface area contributed by atoms with E-state index in [1.54, 1.807) is 11.9 Å². The van der Waals surface area contributed by atoms with Crippen LogP contribution in [0.1, 0.15) is 22.3 Å². The Hall–Kier alpha value is -1.59. The molecule has 30 heavy (non-hydrogen) atoms. The summed E-state index contributed by atoms with van der Waals surface area (Å²) in [6.07, 6.45) is -3.93. The molecule has 2 aromatic carbocycles. The Bertz CT molecular complexity index is 922. The van der Waals surface area contributed by atoms with Crippen LogP contribution >= 0.6 is 34.2 Å². The van der Waals surface area contributed by atoms with Crippen LogP contribution in [0.25, 0.3) is 0 Å². The van der Waals surface area contributed by atoms with Crippen molar-refractivity contribution in [2.75, 3.05) is 44.4 Å². The Morgan fingerprint density at radius 2 is 1.80 bits per heavy atom. The minimum absolute atomic E-state index is 0.134. The molecule has 0 fully saturated rings. The summed E-state index contributed by atoms with van der Waals surface area (Å²) >= 11 is 8.10. The van der Waals surface area contributed by atoms with Crippen LogP contribution in [0.2, 0.25) is 5.02 Å². The van der Waals surface area contributed by atoms with Crippen LogP contribution in [0.15, 0.2) is 30.3 Å². The van der Waals surface area contributed by atoms with Crippen molar-refractivity contribution in [2.24, 2.45) is 0 Å². The molecule has 4 nitrogen and oxygen atoms in total. The molecular formula is C20H21ClF4IN3O. The van der Waals surface area contributed by atoms with Gasteiger partial charge >= 0.3 is 6.18 Å². The maximum absolute atomic E-state index is 14.1. The second kappa shape index (κ2) is 10.1. The zero-order chi connectivity index (χ0) is 22.6. The number of anilines is 2. The van der Waals surface area contributed by atoms with Crippen LogP contribution < -0.4 is 10.2 Å². The third kappa shape index (κ3) is 6.45. The average molecular weight is 558 g/mol. The number of hydrogen-bond donors (Lipinski definition) is 1. The van der Waals surface area contributed by atoms with Crippen molar-refractivity contribution in [1.29, 1.82) is 0 Å². The maximum Gasteiger partial charge on any atom is 0.416 e. The molecule has 0 unspecified atom stereocenters. The van der Waals surface area contributed by atoms with Gasteiger partial charge in [-0.05, 0) is 80.0 Å². The van der Waals surface area contributed by atoms with Crippen molar-refractivity contribution in [3.05, 3.63) is 55.9 Å². The van der Waals surface area contributed by atoms with Gasteiger partial charge in [-0.15, -0.1) is 0 Å². The van der Waals surface area contributed by atoms with Gasteiger partial charge < -0.3 is 15.1 Å². The summed E-state index contributed by atoms with van der Waals surface area (Å²) in [4.78, 5) is 16.3. The standard InChI is InChI=1S/C20H21ClF4IN3O/c1-28(2)7-4-8-29(3)18-15(21)9-12(20(23,24)25)10-17(18)27-19(30)14-11-13(26)5-6-16(14)22/h5-6,9-11H,4,7-8H2,1-3H3,(H,27,30). The highest BCUT2D eigenvalue weighted by Gasteiger charge is 2.33. The molecule has 0 heterocycles. The van der Waals surface area contributed by atoms with Crippen molar-refractivity contribution >= 4 is 51.5 Å². The van der Waals surface area contributed by atoms with E-state index in [1.165, 1.54) is 12.1 Å². The molecule has 0 saturated heterocycles. The molecule has 0 bridgehead atoms. The lowest BCUT2D eigenvalue weighted by molar-refractivity contribution is -0.137. The molecule has 0 spiro atoms. The lowest BCUT2D eigenvalue weighted by atomic mass is 10.1. The first-order chi connectivity index (χ1) is 13.9. The van der Waals surface area contributed by atoms with E-state index in [4.69, 9.17) is 11.6 Å². The van der Waals surface area contributed by atoms with Gasteiger partial charge in [0.2, 0.25) is 0 Å². The third-order valence-electron chi connectivity index (χ3n) is 4.29. The number of amides is 1. The Kier molecular flexibility index (Phi) is 8.35. The number of rotatable bonds is 7. The van der Waals surface area contributed by atoms with E-state index in [0.717, 1.165) is 31.2 Å². The van der Waals surface area contributed by atoms with Gasteiger partial charge in [-0.2, -0.15) is 13.2 Å². The van der Waals surface area contributed by atoms with Crippen LogP contribution in [0.5, 0.6) is 0 Å². The Morgan fingerprint density at radius 3 is 2.40 bits per heavy atom. The van der Waals surface area contributed by atoms with Crippen molar-refractivity contribution < 1.29 is 22.4 Å². The van der Waals surface area contributed by atoms with Gasteiger partial charge in [-0.25, -0.2) is 4.39 Å². The topological polar surface area (TPSA) is 35.6 Å². The number of carbonyl (C=O) groups excluding carboxylic acids is 1. The summed E-state index contributed by atoms with van der Waals surface area (Å²) in [5.41, 5.74) is -1.17. The lowest BCUT2D eigenvalue weighted by Crippen LogP contribution is -2.25. The van der Waals surface area contributed by atoms with E-state index in [9.17, 15) is 22.4 Å². The molecule has 0 atom stereocenters. The van der Waals surface area contributed by atoms with Crippen molar-refractivity contribution in [1.82, 2.24) is 4.90 Å². The smallest absolute Gasteiger partial charge is 0.372 e. The van der Waals surface area contributed by atoms with Gasteiger partial charge in [0.05, 0.1) is 27.5 Å². The summed E-state index contributed by atoms with van der Waals surface area (Å²) in [5, 5.41) is 2.25. The minimum atomic E-state index is -4.65. The quantitative estimate of drug-likeness (QED) is 0.348. The molecule has 0 aliphatic carbocycles. The van der Waals surface area contributed by atoms with Gasteiger partial charge in [0.15, 0.2) is 0 Å². The molecule has 0 radical (unpaired) electrons. The van der Waals surface area contributed by atoms with E-state index in [2.05, 4.69) is 5.32 Å². The van der Waals surface area contributed by atoms with Crippen molar-refractivity contribution in [3.8, 4) is 0 Å². The number of halogens is 6. The van der Waals surface area contributed by atoms with Gasteiger partial charge in [0.25, 0.3) is 5.91 Å². The Balaban J connectivity index is 2.44. The summed E-state index contributed by atoms with van der Waals surface area (Å²) < 4.78 is 54.6. The van der Waals surface area contributed by atoms with E-state index >= 15 is 0 Å². The fourth-order valence-corrected chi connectivity index (χ4v) is 3.70. The van der Waals surface area contributed by atoms with Gasteiger partial charge in [-0.3, -0.25) is 4.79 Å².